The molecule has 0 aromatic heterocycles. The Balaban J connectivity index is 1.81. The van der Waals surface area contributed by atoms with Gasteiger partial charge in [-0.1, -0.05) is 12.1 Å². The highest BCUT2D eigenvalue weighted by Crippen LogP contribution is 2.38. The Hall–Kier alpha value is -0.930. The van der Waals surface area contributed by atoms with Crippen molar-refractivity contribution in [1.82, 2.24) is 5.32 Å². The Kier molecular flexibility index (Phi) is 2.89. The van der Waals surface area contributed by atoms with E-state index < -0.39 is 0 Å². The minimum atomic E-state index is -0.145. The Labute approximate surface area is 101 Å². The van der Waals surface area contributed by atoms with Gasteiger partial charge in [0.1, 0.15) is 5.82 Å². The molecule has 2 fully saturated rings. The van der Waals surface area contributed by atoms with Gasteiger partial charge in [-0.05, 0) is 43.5 Å². The van der Waals surface area contributed by atoms with Crippen LogP contribution in [0, 0.1) is 5.82 Å². The summed E-state index contributed by atoms with van der Waals surface area (Å²) in [5, 5.41) is 3.52. The molecule has 1 aromatic rings. The Morgan fingerprint density at radius 3 is 2.88 bits per heavy atom. The van der Waals surface area contributed by atoms with Crippen molar-refractivity contribution >= 4 is 0 Å². The van der Waals surface area contributed by atoms with E-state index in [-0.39, 0.29) is 11.2 Å². The van der Waals surface area contributed by atoms with E-state index in [1.165, 1.54) is 18.9 Å². The number of halogens is 1. The first kappa shape index (κ1) is 11.2. The van der Waals surface area contributed by atoms with Crippen molar-refractivity contribution in [3.05, 3.63) is 35.6 Å². The maximum atomic E-state index is 13.3. The van der Waals surface area contributed by atoms with Crippen molar-refractivity contribution in [2.24, 2.45) is 0 Å². The summed E-state index contributed by atoms with van der Waals surface area (Å²) < 4.78 is 18.7. The molecule has 17 heavy (non-hydrogen) atoms. The highest BCUT2D eigenvalue weighted by atomic mass is 19.1. The van der Waals surface area contributed by atoms with Crippen molar-refractivity contribution in [2.45, 2.75) is 30.7 Å². The van der Waals surface area contributed by atoms with E-state index in [4.69, 9.17) is 4.74 Å². The molecular formula is C14H18FNO. The molecule has 2 nitrogen and oxygen atoms in total. The normalized spacial score (nSPS) is 26.8. The largest absolute Gasteiger partial charge is 0.379 e. The van der Waals surface area contributed by atoms with Crippen molar-refractivity contribution in [1.29, 1.82) is 0 Å². The predicted molar refractivity (Wildman–Crippen MR) is 64.5 cm³/mol. The molecule has 0 amide bonds. The van der Waals surface area contributed by atoms with E-state index in [0.717, 1.165) is 31.7 Å². The summed E-state index contributed by atoms with van der Waals surface area (Å²) in [5.41, 5.74) is 1.14. The maximum absolute atomic E-state index is 13.3. The van der Waals surface area contributed by atoms with Gasteiger partial charge in [-0.25, -0.2) is 4.39 Å². The van der Waals surface area contributed by atoms with Crippen molar-refractivity contribution in [2.75, 3.05) is 19.8 Å². The first-order valence-electron chi connectivity index (χ1n) is 6.36. The van der Waals surface area contributed by atoms with E-state index in [0.29, 0.717) is 6.04 Å². The van der Waals surface area contributed by atoms with Gasteiger partial charge in [-0.3, -0.25) is 0 Å². The number of rotatable bonds is 3. The molecular weight excluding hydrogens is 217 g/mol. The molecule has 2 aliphatic rings. The van der Waals surface area contributed by atoms with Gasteiger partial charge in [0.05, 0.1) is 13.2 Å². The fourth-order valence-corrected chi connectivity index (χ4v) is 2.97. The summed E-state index contributed by atoms with van der Waals surface area (Å²) in [6.45, 7) is 2.58. The van der Waals surface area contributed by atoms with Gasteiger partial charge in [0.25, 0.3) is 0 Å². The second kappa shape index (κ2) is 4.39. The minimum absolute atomic E-state index is 0.0457. The van der Waals surface area contributed by atoms with E-state index in [1.54, 1.807) is 12.1 Å². The van der Waals surface area contributed by atoms with Crippen LogP contribution in [0.1, 0.15) is 24.8 Å². The first-order chi connectivity index (χ1) is 8.28. The van der Waals surface area contributed by atoms with Gasteiger partial charge in [0.2, 0.25) is 0 Å². The van der Waals surface area contributed by atoms with Crippen LogP contribution in [0.25, 0.3) is 0 Å². The lowest BCUT2D eigenvalue weighted by molar-refractivity contribution is -0.0680. The second-order valence-corrected chi connectivity index (χ2v) is 5.28. The zero-order valence-electron chi connectivity index (χ0n) is 9.92. The highest BCUT2D eigenvalue weighted by Gasteiger charge is 2.42. The Morgan fingerprint density at radius 2 is 2.29 bits per heavy atom. The second-order valence-electron chi connectivity index (χ2n) is 5.28. The molecule has 2 saturated heterocycles. The smallest absolute Gasteiger partial charge is 0.123 e. The van der Waals surface area contributed by atoms with Gasteiger partial charge in [-0.2, -0.15) is 0 Å². The molecule has 2 heterocycles. The van der Waals surface area contributed by atoms with Gasteiger partial charge < -0.3 is 10.1 Å². The summed E-state index contributed by atoms with van der Waals surface area (Å²) >= 11 is 0. The Morgan fingerprint density at radius 1 is 1.41 bits per heavy atom. The molecule has 1 unspecified atom stereocenters. The minimum Gasteiger partial charge on any atom is -0.379 e. The highest BCUT2D eigenvalue weighted by molar-refractivity contribution is 5.29. The SMILES string of the molecule is Fc1cccc(C2(CC3CCCN3)COC2)c1. The molecule has 0 spiro atoms. The first-order valence-corrected chi connectivity index (χ1v) is 6.36. The van der Waals surface area contributed by atoms with Gasteiger partial charge in [-0.15, -0.1) is 0 Å². The Bertz CT molecular complexity index is 397. The van der Waals surface area contributed by atoms with E-state index in [1.807, 2.05) is 6.07 Å². The number of hydrogen-bond acceptors (Lipinski definition) is 2. The van der Waals surface area contributed by atoms with Gasteiger partial charge in [0, 0.05) is 11.5 Å². The zero-order valence-corrected chi connectivity index (χ0v) is 9.92. The van der Waals surface area contributed by atoms with Crippen LogP contribution in [0.3, 0.4) is 0 Å². The van der Waals surface area contributed by atoms with E-state index in [9.17, 15) is 4.39 Å². The standard InChI is InChI=1S/C14H18FNO/c15-12-4-1-3-11(7-12)14(9-17-10-14)8-13-5-2-6-16-13/h1,3-4,7,13,16H,2,5-6,8-10H2. The van der Waals surface area contributed by atoms with Crippen molar-refractivity contribution < 1.29 is 9.13 Å². The van der Waals surface area contributed by atoms with Crippen LogP contribution in [0.5, 0.6) is 0 Å². The van der Waals surface area contributed by atoms with Gasteiger partial charge in [0.15, 0.2) is 0 Å². The lowest BCUT2D eigenvalue weighted by Gasteiger charge is -2.43. The summed E-state index contributed by atoms with van der Waals surface area (Å²) in [4.78, 5) is 0. The molecule has 3 rings (SSSR count). The van der Waals surface area contributed by atoms with Crippen molar-refractivity contribution in [3.63, 3.8) is 0 Å². The molecule has 1 N–H and O–H groups in total. The molecule has 92 valence electrons. The lowest BCUT2D eigenvalue weighted by Crippen LogP contribution is -2.50. The van der Waals surface area contributed by atoms with Crippen LogP contribution in [0.15, 0.2) is 24.3 Å². The van der Waals surface area contributed by atoms with Crippen LogP contribution in [0.4, 0.5) is 4.39 Å². The van der Waals surface area contributed by atoms with Crippen LogP contribution in [-0.4, -0.2) is 25.8 Å². The third-order valence-corrected chi connectivity index (χ3v) is 3.99. The fraction of sp³-hybridized carbons (Fsp3) is 0.571. The number of benzene rings is 1. The number of nitrogens with one attached hydrogen (secondary N) is 1. The average molecular weight is 235 g/mol. The predicted octanol–water partition coefficient (Wildman–Crippen LogP) is 2.24. The lowest BCUT2D eigenvalue weighted by atomic mass is 9.73. The molecule has 1 atom stereocenters. The average Bonchev–Trinajstić information content (AvgIpc) is 2.76. The topological polar surface area (TPSA) is 21.3 Å². The van der Waals surface area contributed by atoms with E-state index in [2.05, 4.69) is 5.32 Å². The molecule has 1 aromatic carbocycles. The monoisotopic (exact) mass is 235 g/mol. The van der Waals surface area contributed by atoms with Crippen LogP contribution in [0.2, 0.25) is 0 Å². The summed E-state index contributed by atoms with van der Waals surface area (Å²) in [6, 6.07) is 7.57. The molecule has 0 bridgehead atoms. The molecule has 3 heteroatoms. The zero-order chi connectivity index (χ0) is 11.7. The molecule has 0 radical (unpaired) electrons. The fourth-order valence-electron chi connectivity index (χ4n) is 2.97. The van der Waals surface area contributed by atoms with Crippen molar-refractivity contribution in [3.8, 4) is 0 Å². The maximum Gasteiger partial charge on any atom is 0.123 e. The quantitative estimate of drug-likeness (QED) is 0.867. The van der Waals surface area contributed by atoms with Gasteiger partial charge >= 0.3 is 0 Å². The summed E-state index contributed by atoms with van der Waals surface area (Å²) in [7, 11) is 0. The third-order valence-electron chi connectivity index (χ3n) is 3.99. The molecule has 0 saturated carbocycles. The van der Waals surface area contributed by atoms with Crippen LogP contribution >= 0.6 is 0 Å². The number of ether oxygens (including phenoxy) is 1. The van der Waals surface area contributed by atoms with Crippen LogP contribution < -0.4 is 5.32 Å². The summed E-state index contributed by atoms with van der Waals surface area (Å²) in [5.74, 6) is -0.145. The third kappa shape index (κ3) is 2.09. The molecule has 2 aliphatic heterocycles. The summed E-state index contributed by atoms with van der Waals surface area (Å²) in [6.07, 6.45) is 3.55. The number of hydrogen-bond donors (Lipinski definition) is 1. The molecule has 0 aliphatic carbocycles. The van der Waals surface area contributed by atoms with E-state index >= 15 is 0 Å². The van der Waals surface area contributed by atoms with Crippen LogP contribution in [-0.2, 0) is 10.2 Å².